The largest absolute Gasteiger partial charge is 0.355 e. The number of aryl methyl sites for hydroxylation is 1. The quantitative estimate of drug-likeness (QED) is 0.423. The lowest BCUT2D eigenvalue weighted by atomic mass is 10.1. The number of hydrogen-bond acceptors (Lipinski definition) is 4. The summed E-state index contributed by atoms with van der Waals surface area (Å²) in [7, 11) is -4.14. The lowest BCUT2D eigenvalue weighted by Gasteiger charge is -2.32. The van der Waals surface area contributed by atoms with Crippen LogP contribution in [0.4, 0.5) is 5.69 Å². The van der Waals surface area contributed by atoms with Gasteiger partial charge in [-0.3, -0.25) is 13.9 Å². The number of nitrogens with one attached hydrogen (secondary N) is 1. The second-order valence-corrected chi connectivity index (χ2v) is 10.6. The summed E-state index contributed by atoms with van der Waals surface area (Å²) in [6.45, 7) is 5.39. The number of benzene rings is 3. The van der Waals surface area contributed by atoms with Gasteiger partial charge in [0.05, 0.1) is 15.6 Å². The van der Waals surface area contributed by atoms with E-state index in [0.717, 1.165) is 15.4 Å². The third-order valence-corrected chi connectivity index (χ3v) is 7.82. The second kappa shape index (κ2) is 12.1. The van der Waals surface area contributed by atoms with E-state index in [4.69, 9.17) is 11.6 Å². The van der Waals surface area contributed by atoms with Crippen molar-refractivity contribution in [1.29, 1.82) is 0 Å². The molecule has 0 heterocycles. The van der Waals surface area contributed by atoms with E-state index in [-0.39, 0.29) is 28.1 Å². The van der Waals surface area contributed by atoms with Crippen LogP contribution in [-0.4, -0.2) is 44.3 Å². The third-order valence-electron chi connectivity index (χ3n) is 5.72. The Morgan fingerprint density at radius 1 is 0.944 bits per heavy atom. The summed E-state index contributed by atoms with van der Waals surface area (Å²) in [5, 5.41) is 2.93. The molecule has 3 aromatic rings. The fourth-order valence-electron chi connectivity index (χ4n) is 3.68. The standard InChI is InChI=1S/C27H30ClN3O4S/c1-4-29-27(33)21(3)30(18-22-16-14-20(2)15-17-22)26(32)19-31(25-13-9-8-12-24(25)28)36(34,35)23-10-6-5-7-11-23/h5-17,21H,4,18-19H2,1-3H3,(H,29,33). The Kier molecular flexibility index (Phi) is 9.12. The number of hydrogen-bond donors (Lipinski definition) is 1. The summed E-state index contributed by atoms with van der Waals surface area (Å²) >= 11 is 6.38. The number of halogens is 1. The van der Waals surface area contributed by atoms with Crippen molar-refractivity contribution in [1.82, 2.24) is 10.2 Å². The van der Waals surface area contributed by atoms with Gasteiger partial charge in [0, 0.05) is 13.1 Å². The van der Waals surface area contributed by atoms with Crippen molar-refractivity contribution < 1.29 is 18.0 Å². The van der Waals surface area contributed by atoms with E-state index in [9.17, 15) is 18.0 Å². The number of carbonyl (C=O) groups excluding carboxylic acids is 2. The molecular formula is C27H30ClN3O4S. The molecule has 9 heteroatoms. The zero-order chi connectivity index (χ0) is 26.3. The average molecular weight is 528 g/mol. The van der Waals surface area contributed by atoms with Crippen LogP contribution < -0.4 is 9.62 Å². The van der Waals surface area contributed by atoms with Gasteiger partial charge in [-0.25, -0.2) is 8.42 Å². The molecule has 0 fully saturated rings. The molecule has 0 spiro atoms. The van der Waals surface area contributed by atoms with Gasteiger partial charge in [-0.05, 0) is 50.6 Å². The summed E-state index contributed by atoms with van der Waals surface area (Å²) in [5.74, 6) is -0.859. The van der Waals surface area contributed by atoms with Crippen molar-refractivity contribution in [3.63, 3.8) is 0 Å². The Hall–Kier alpha value is -3.36. The number of carbonyl (C=O) groups is 2. The molecule has 0 radical (unpaired) electrons. The maximum absolute atomic E-state index is 13.7. The third kappa shape index (κ3) is 6.44. The Morgan fingerprint density at radius 3 is 2.17 bits per heavy atom. The molecule has 2 amide bonds. The van der Waals surface area contributed by atoms with Crippen LogP contribution in [0.25, 0.3) is 0 Å². The summed E-state index contributed by atoms with van der Waals surface area (Å²) in [6, 6.07) is 21.1. The van der Waals surface area contributed by atoms with E-state index in [0.29, 0.717) is 6.54 Å². The van der Waals surface area contributed by atoms with Gasteiger partial charge in [0.1, 0.15) is 12.6 Å². The summed E-state index contributed by atoms with van der Waals surface area (Å²) < 4.78 is 28.3. The molecular weight excluding hydrogens is 498 g/mol. The summed E-state index contributed by atoms with van der Waals surface area (Å²) in [4.78, 5) is 27.9. The first-order valence-corrected chi connectivity index (χ1v) is 13.4. The highest BCUT2D eigenvalue weighted by atomic mass is 35.5. The predicted molar refractivity (Wildman–Crippen MR) is 142 cm³/mol. The highest BCUT2D eigenvalue weighted by Gasteiger charge is 2.33. The van der Waals surface area contributed by atoms with E-state index in [1.165, 1.54) is 17.0 Å². The highest BCUT2D eigenvalue weighted by Crippen LogP contribution is 2.30. The van der Waals surface area contributed by atoms with Gasteiger partial charge in [0.15, 0.2) is 0 Å². The van der Waals surface area contributed by atoms with Crippen molar-refractivity contribution in [3.05, 3.63) is 95.0 Å². The molecule has 1 N–H and O–H groups in total. The normalized spacial score (nSPS) is 12.0. The first-order valence-electron chi connectivity index (χ1n) is 11.6. The second-order valence-electron chi connectivity index (χ2n) is 8.35. The average Bonchev–Trinajstić information content (AvgIpc) is 2.87. The highest BCUT2D eigenvalue weighted by molar-refractivity contribution is 7.92. The first-order chi connectivity index (χ1) is 17.1. The molecule has 3 rings (SSSR count). The van der Waals surface area contributed by atoms with Crippen LogP contribution in [0, 0.1) is 6.92 Å². The number of amides is 2. The molecule has 190 valence electrons. The van der Waals surface area contributed by atoms with Crippen molar-refractivity contribution in [2.45, 2.75) is 38.3 Å². The van der Waals surface area contributed by atoms with Crippen LogP contribution in [0.15, 0.2) is 83.8 Å². The first kappa shape index (κ1) is 27.2. The van der Waals surface area contributed by atoms with Crippen molar-refractivity contribution in [2.75, 3.05) is 17.4 Å². The zero-order valence-corrected chi connectivity index (χ0v) is 22.1. The SMILES string of the molecule is CCNC(=O)C(C)N(Cc1ccc(C)cc1)C(=O)CN(c1ccccc1Cl)S(=O)(=O)c1ccccc1. The number of anilines is 1. The molecule has 0 saturated heterocycles. The van der Waals surface area contributed by atoms with Crippen LogP contribution in [-0.2, 0) is 26.2 Å². The van der Waals surface area contributed by atoms with Gasteiger partial charge >= 0.3 is 0 Å². The van der Waals surface area contributed by atoms with Gasteiger partial charge in [-0.2, -0.15) is 0 Å². The van der Waals surface area contributed by atoms with E-state index in [1.54, 1.807) is 56.3 Å². The molecule has 7 nitrogen and oxygen atoms in total. The lowest BCUT2D eigenvalue weighted by Crippen LogP contribution is -2.51. The number of rotatable bonds is 10. The topological polar surface area (TPSA) is 86.8 Å². The molecule has 1 unspecified atom stereocenters. The molecule has 0 aliphatic rings. The van der Waals surface area contributed by atoms with E-state index in [1.807, 2.05) is 31.2 Å². The molecule has 36 heavy (non-hydrogen) atoms. The van der Waals surface area contributed by atoms with E-state index >= 15 is 0 Å². The fourth-order valence-corrected chi connectivity index (χ4v) is 5.42. The maximum atomic E-state index is 13.7. The number of likely N-dealkylation sites (N-methyl/N-ethyl adjacent to an activating group) is 1. The molecule has 1 atom stereocenters. The Morgan fingerprint density at radius 2 is 1.56 bits per heavy atom. The Balaban J connectivity index is 2.02. The van der Waals surface area contributed by atoms with Crippen molar-refractivity contribution in [3.8, 4) is 0 Å². The number of nitrogens with zero attached hydrogens (tertiary/aromatic N) is 2. The summed E-state index contributed by atoms with van der Waals surface area (Å²) in [5.41, 5.74) is 2.06. The maximum Gasteiger partial charge on any atom is 0.264 e. The number of sulfonamides is 1. The molecule has 0 aromatic heterocycles. The van der Waals surface area contributed by atoms with Gasteiger partial charge in [0.25, 0.3) is 10.0 Å². The fraction of sp³-hybridized carbons (Fsp3) is 0.259. The summed E-state index contributed by atoms with van der Waals surface area (Å²) in [6.07, 6.45) is 0. The van der Waals surface area contributed by atoms with Gasteiger partial charge in [-0.15, -0.1) is 0 Å². The van der Waals surface area contributed by atoms with Crippen molar-refractivity contribution in [2.24, 2.45) is 0 Å². The number of para-hydroxylation sites is 1. The minimum atomic E-state index is -4.14. The van der Waals surface area contributed by atoms with Gasteiger partial charge < -0.3 is 10.2 Å². The molecule has 0 aliphatic carbocycles. The van der Waals surface area contributed by atoms with Gasteiger partial charge in [0.2, 0.25) is 11.8 Å². The molecule has 0 saturated carbocycles. The van der Waals surface area contributed by atoms with Crippen LogP contribution in [0.1, 0.15) is 25.0 Å². The molecule has 0 bridgehead atoms. The predicted octanol–water partition coefficient (Wildman–Crippen LogP) is 4.40. The van der Waals surface area contributed by atoms with Crippen LogP contribution in [0.2, 0.25) is 5.02 Å². The lowest BCUT2D eigenvalue weighted by molar-refractivity contribution is -0.139. The Bertz CT molecular complexity index is 1300. The minimum absolute atomic E-state index is 0.0274. The monoisotopic (exact) mass is 527 g/mol. The zero-order valence-electron chi connectivity index (χ0n) is 20.5. The van der Waals surface area contributed by atoms with Gasteiger partial charge in [-0.1, -0.05) is 71.8 Å². The van der Waals surface area contributed by atoms with E-state index in [2.05, 4.69) is 5.32 Å². The van der Waals surface area contributed by atoms with Crippen LogP contribution in [0.3, 0.4) is 0 Å². The van der Waals surface area contributed by atoms with Crippen LogP contribution in [0.5, 0.6) is 0 Å². The molecule has 0 aliphatic heterocycles. The van der Waals surface area contributed by atoms with Crippen molar-refractivity contribution >= 4 is 39.1 Å². The van der Waals surface area contributed by atoms with Crippen LogP contribution >= 0.6 is 11.6 Å². The Labute approximate surface area is 217 Å². The smallest absolute Gasteiger partial charge is 0.264 e. The van der Waals surface area contributed by atoms with E-state index < -0.39 is 28.5 Å². The minimum Gasteiger partial charge on any atom is -0.355 e. The molecule has 3 aromatic carbocycles.